The first-order valence-corrected chi connectivity index (χ1v) is 8.69. The van der Waals surface area contributed by atoms with Crippen molar-refractivity contribution < 1.29 is 33.7 Å². The molecule has 152 valence electrons. The highest BCUT2D eigenvalue weighted by Crippen LogP contribution is 2.27. The maximum atomic E-state index is 12.4. The molecule has 9 nitrogen and oxygen atoms in total. The Bertz CT molecular complexity index is 857. The summed E-state index contributed by atoms with van der Waals surface area (Å²) in [7, 11) is 5.50. The molecule has 0 unspecified atom stereocenters. The van der Waals surface area contributed by atoms with Gasteiger partial charge in [0.05, 0.1) is 25.5 Å². The van der Waals surface area contributed by atoms with Crippen LogP contribution in [0.5, 0.6) is 5.75 Å². The molecule has 28 heavy (non-hydrogen) atoms. The first-order chi connectivity index (χ1) is 13.3. The molecule has 0 fully saturated rings. The van der Waals surface area contributed by atoms with Crippen LogP contribution >= 0.6 is 0 Å². The van der Waals surface area contributed by atoms with Crippen LogP contribution in [0.3, 0.4) is 0 Å². The van der Waals surface area contributed by atoms with Gasteiger partial charge in [-0.2, -0.15) is 0 Å². The fourth-order valence-corrected chi connectivity index (χ4v) is 2.59. The third-order valence-electron chi connectivity index (χ3n) is 4.06. The zero-order valence-electron chi connectivity index (χ0n) is 16.1. The maximum absolute atomic E-state index is 12.4. The molecule has 0 aliphatic rings. The summed E-state index contributed by atoms with van der Waals surface area (Å²) in [5, 5.41) is 9.41. The minimum absolute atomic E-state index is 0.284. The van der Waals surface area contributed by atoms with E-state index >= 15 is 0 Å². The molecular weight excluding hydrogens is 368 g/mol. The number of rotatable bonds is 9. The van der Waals surface area contributed by atoms with Gasteiger partial charge in [-0.05, 0) is 44.3 Å². The van der Waals surface area contributed by atoms with Crippen LogP contribution in [0.1, 0.15) is 18.4 Å². The van der Waals surface area contributed by atoms with E-state index in [9.17, 15) is 14.4 Å². The lowest BCUT2D eigenvalue weighted by Gasteiger charge is -2.08. The van der Waals surface area contributed by atoms with E-state index < -0.39 is 24.8 Å². The number of carbonyl (C=O) groups excluding carboxylic acids is 2. The average Bonchev–Trinajstić information content (AvgIpc) is 3.02. The Labute approximate surface area is 162 Å². The van der Waals surface area contributed by atoms with E-state index in [1.54, 1.807) is 25.4 Å². The molecule has 0 amide bonds. The minimum atomic E-state index is -1.10. The summed E-state index contributed by atoms with van der Waals surface area (Å²) in [4.78, 5) is 36.3. The van der Waals surface area contributed by atoms with Crippen molar-refractivity contribution in [3.05, 3.63) is 30.0 Å². The van der Waals surface area contributed by atoms with Crippen LogP contribution in [0.4, 0.5) is 4.79 Å². The number of carboxylic acids is 1. The quantitative estimate of drug-likeness (QED) is 0.511. The average molecular weight is 392 g/mol. The number of aliphatic carboxylic acids is 1. The number of esters is 1. The molecule has 2 rings (SSSR count). The van der Waals surface area contributed by atoms with Gasteiger partial charge in [-0.15, -0.1) is 0 Å². The summed E-state index contributed by atoms with van der Waals surface area (Å²) < 4.78 is 16.4. The molecule has 0 bridgehead atoms. The van der Waals surface area contributed by atoms with Gasteiger partial charge >= 0.3 is 18.0 Å². The van der Waals surface area contributed by atoms with Crippen molar-refractivity contribution in [1.29, 1.82) is 0 Å². The Morgan fingerprint density at radius 1 is 1.14 bits per heavy atom. The van der Waals surface area contributed by atoms with Gasteiger partial charge in [0.1, 0.15) is 5.75 Å². The van der Waals surface area contributed by atoms with E-state index in [4.69, 9.17) is 19.3 Å². The van der Waals surface area contributed by atoms with Gasteiger partial charge in [0, 0.05) is 18.1 Å². The molecule has 0 saturated carbocycles. The Balaban J connectivity index is 2.10. The zero-order chi connectivity index (χ0) is 20.7. The van der Waals surface area contributed by atoms with Crippen LogP contribution in [-0.4, -0.2) is 67.1 Å². The Kier molecular flexibility index (Phi) is 7.39. The Morgan fingerprint density at radius 3 is 2.54 bits per heavy atom. The number of nitrogens with zero attached hydrogens (tertiary/aromatic N) is 2. The number of carboxylic acid groups (broad SMARTS) is 1. The first-order valence-electron chi connectivity index (χ1n) is 8.69. The maximum Gasteiger partial charge on any atom is 0.421 e. The lowest BCUT2D eigenvalue weighted by atomic mass is 10.1. The van der Waals surface area contributed by atoms with Gasteiger partial charge in [-0.1, -0.05) is 0 Å². The summed E-state index contributed by atoms with van der Waals surface area (Å²) in [5.74, 6) is -1.17. The first kappa shape index (κ1) is 21.2. The van der Waals surface area contributed by atoms with E-state index in [1.807, 2.05) is 25.1 Å². The number of carbonyl (C=O) groups is 3. The fraction of sp³-hybridized carbons (Fsp3) is 0.421. The number of methoxy groups -OCH3 is 1. The van der Waals surface area contributed by atoms with E-state index in [-0.39, 0.29) is 12.8 Å². The smallest absolute Gasteiger partial charge is 0.421 e. The molecule has 0 saturated heterocycles. The molecule has 0 spiro atoms. The summed E-state index contributed by atoms with van der Waals surface area (Å²) in [6, 6.07) is 5.36. The fourth-order valence-electron chi connectivity index (χ4n) is 2.59. The number of benzene rings is 1. The second kappa shape index (κ2) is 9.75. The van der Waals surface area contributed by atoms with E-state index in [1.165, 1.54) is 4.57 Å². The van der Waals surface area contributed by atoms with Gasteiger partial charge in [-0.25, -0.2) is 4.79 Å². The summed E-state index contributed by atoms with van der Waals surface area (Å²) in [6.45, 7) is 0.215. The van der Waals surface area contributed by atoms with Gasteiger partial charge in [0.15, 0.2) is 0 Å². The van der Waals surface area contributed by atoms with E-state index in [0.29, 0.717) is 11.3 Å². The van der Waals surface area contributed by atoms with E-state index in [2.05, 4.69) is 0 Å². The highest BCUT2D eigenvalue weighted by molar-refractivity contribution is 5.92. The zero-order valence-corrected chi connectivity index (χ0v) is 16.1. The molecule has 1 aromatic carbocycles. The molecule has 1 heterocycles. The van der Waals surface area contributed by atoms with Gasteiger partial charge in [-0.3, -0.25) is 14.2 Å². The number of fused-ring (bicyclic) bond motifs is 1. The molecule has 1 aromatic heterocycles. The van der Waals surface area contributed by atoms with Gasteiger partial charge < -0.3 is 24.2 Å². The lowest BCUT2D eigenvalue weighted by Crippen LogP contribution is -2.17. The lowest BCUT2D eigenvalue weighted by molar-refractivity contribution is -0.154. The van der Waals surface area contributed by atoms with Crippen LogP contribution in [0.25, 0.3) is 10.9 Å². The third-order valence-corrected chi connectivity index (χ3v) is 4.06. The number of hydrogen-bond donors (Lipinski definition) is 1. The van der Waals surface area contributed by atoms with Crippen molar-refractivity contribution in [2.45, 2.75) is 19.3 Å². The topological polar surface area (TPSA) is 107 Å². The predicted octanol–water partition coefficient (Wildman–Crippen LogP) is 2.10. The van der Waals surface area contributed by atoms with Crippen LogP contribution < -0.4 is 4.74 Å². The SMILES string of the molecule is COc1ccc2c(c1)c(CCN(C)C)cn2C(=O)OCOC(=O)CCC(=O)O. The van der Waals surface area contributed by atoms with Crippen LogP contribution in [-0.2, 0) is 25.5 Å². The van der Waals surface area contributed by atoms with Crippen molar-refractivity contribution in [1.82, 2.24) is 9.47 Å². The van der Waals surface area contributed by atoms with Crippen LogP contribution in [0.15, 0.2) is 24.4 Å². The molecule has 0 atom stereocenters. The summed E-state index contributed by atoms with van der Waals surface area (Å²) >= 11 is 0. The number of ether oxygens (including phenoxy) is 3. The highest BCUT2D eigenvalue weighted by Gasteiger charge is 2.16. The molecule has 0 aliphatic heterocycles. The standard InChI is InChI=1S/C19H24N2O7/c1-20(2)9-8-13-11-21(16-5-4-14(26-3)10-15(13)16)19(25)28-12-27-18(24)7-6-17(22)23/h4-5,10-11H,6-9,12H2,1-3H3,(H,22,23). The number of hydrogen-bond acceptors (Lipinski definition) is 7. The molecule has 0 radical (unpaired) electrons. The van der Waals surface area contributed by atoms with Crippen molar-refractivity contribution in [2.24, 2.45) is 0 Å². The van der Waals surface area contributed by atoms with Crippen LogP contribution in [0.2, 0.25) is 0 Å². The van der Waals surface area contributed by atoms with Gasteiger partial charge in [0.2, 0.25) is 6.79 Å². The molecule has 1 N–H and O–H groups in total. The van der Waals surface area contributed by atoms with Crippen LogP contribution in [0, 0.1) is 0 Å². The summed E-state index contributed by atoms with van der Waals surface area (Å²) in [6.07, 6.45) is 1.10. The number of aromatic nitrogens is 1. The number of likely N-dealkylation sites (N-methyl/N-ethyl adjacent to an activating group) is 1. The predicted molar refractivity (Wildman–Crippen MR) is 100 cm³/mol. The monoisotopic (exact) mass is 392 g/mol. The molecule has 2 aromatic rings. The minimum Gasteiger partial charge on any atom is -0.497 e. The normalized spacial score (nSPS) is 10.9. The van der Waals surface area contributed by atoms with Gasteiger partial charge in [0.25, 0.3) is 0 Å². The molecule has 0 aliphatic carbocycles. The van der Waals surface area contributed by atoms with Crippen molar-refractivity contribution >= 4 is 28.9 Å². The Morgan fingerprint density at radius 2 is 1.89 bits per heavy atom. The van der Waals surface area contributed by atoms with Crippen molar-refractivity contribution in [2.75, 3.05) is 34.5 Å². The second-order valence-corrected chi connectivity index (χ2v) is 6.40. The largest absolute Gasteiger partial charge is 0.497 e. The second-order valence-electron chi connectivity index (χ2n) is 6.40. The third kappa shape index (κ3) is 5.71. The summed E-state index contributed by atoms with van der Waals surface area (Å²) in [5.41, 5.74) is 1.61. The van der Waals surface area contributed by atoms with Crippen molar-refractivity contribution in [3.63, 3.8) is 0 Å². The molecule has 9 heteroatoms. The molecular formula is C19H24N2O7. The van der Waals surface area contributed by atoms with Crippen molar-refractivity contribution in [3.8, 4) is 5.75 Å². The Hall–Kier alpha value is -3.07. The van der Waals surface area contributed by atoms with E-state index in [0.717, 1.165) is 23.9 Å². The highest BCUT2D eigenvalue weighted by atomic mass is 16.7.